The third-order valence-electron chi connectivity index (χ3n) is 3.09. The summed E-state index contributed by atoms with van der Waals surface area (Å²) in [5.41, 5.74) is 5.00. The fraction of sp³-hybridized carbons (Fsp3) is 0.667. The normalized spacial score (nSPS) is 16.2. The Labute approximate surface area is 121 Å². The number of nitrogens with two attached hydrogens (primary N) is 1. The zero-order valence-electron chi connectivity index (χ0n) is 11.8. The summed E-state index contributed by atoms with van der Waals surface area (Å²) in [5, 5.41) is 10.7. The van der Waals surface area contributed by atoms with Gasteiger partial charge in [-0.25, -0.2) is 4.79 Å². The van der Waals surface area contributed by atoms with Gasteiger partial charge in [0.15, 0.2) is 5.16 Å². The van der Waals surface area contributed by atoms with Gasteiger partial charge in [0.1, 0.15) is 5.82 Å². The van der Waals surface area contributed by atoms with Gasteiger partial charge in [-0.3, -0.25) is 10.1 Å². The number of nitrogens with one attached hydrogen (secondary N) is 1. The van der Waals surface area contributed by atoms with Crippen LogP contribution in [-0.2, 0) is 4.79 Å². The van der Waals surface area contributed by atoms with Crippen LogP contribution in [-0.4, -0.2) is 32.0 Å². The molecule has 1 saturated carbocycles. The average Bonchev–Trinajstić information content (AvgIpc) is 3.09. The van der Waals surface area contributed by atoms with Crippen LogP contribution >= 0.6 is 11.8 Å². The largest absolute Gasteiger partial charge is 0.351 e. The van der Waals surface area contributed by atoms with Gasteiger partial charge < -0.3 is 10.3 Å². The summed E-state index contributed by atoms with van der Waals surface area (Å²) < 4.78 is 2.07. The van der Waals surface area contributed by atoms with Crippen LogP contribution in [0.5, 0.6) is 0 Å². The number of primary amides is 1. The summed E-state index contributed by atoms with van der Waals surface area (Å²) in [6.07, 6.45) is 2.23. The summed E-state index contributed by atoms with van der Waals surface area (Å²) >= 11 is 1.33. The predicted octanol–water partition coefficient (Wildman–Crippen LogP) is 1.23. The summed E-state index contributed by atoms with van der Waals surface area (Å²) in [6.45, 7) is 5.75. The molecule has 0 aromatic carbocycles. The van der Waals surface area contributed by atoms with E-state index in [4.69, 9.17) is 5.73 Å². The molecule has 3 N–H and O–H groups in total. The fourth-order valence-corrected chi connectivity index (χ4v) is 3.13. The number of aromatic nitrogens is 3. The van der Waals surface area contributed by atoms with E-state index < -0.39 is 11.3 Å². The van der Waals surface area contributed by atoms with E-state index >= 15 is 0 Å². The first kappa shape index (κ1) is 14.8. The lowest BCUT2D eigenvalue weighted by molar-refractivity contribution is -0.120. The van der Waals surface area contributed by atoms with Crippen LogP contribution in [0.2, 0.25) is 0 Å². The van der Waals surface area contributed by atoms with Crippen LogP contribution in [0.1, 0.15) is 38.6 Å². The Balaban J connectivity index is 2.16. The van der Waals surface area contributed by atoms with Crippen molar-refractivity contribution in [3.8, 4) is 0 Å². The third-order valence-corrected chi connectivity index (χ3v) is 4.59. The maximum atomic E-state index is 12.0. The highest BCUT2D eigenvalue weighted by Crippen LogP contribution is 2.40. The molecule has 0 saturated heterocycles. The molecule has 7 nitrogen and oxygen atoms in total. The number of aryl methyl sites for hydroxylation is 1. The zero-order valence-corrected chi connectivity index (χ0v) is 12.6. The van der Waals surface area contributed by atoms with Crippen LogP contribution in [0.25, 0.3) is 0 Å². The molecule has 1 fully saturated rings. The monoisotopic (exact) mass is 297 g/mol. The Bertz CT molecular complexity index is 524. The summed E-state index contributed by atoms with van der Waals surface area (Å²) in [7, 11) is 0. The Morgan fingerprint density at radius 2 is 2.05 bits per heavy atom. The van der Waals surface area contributed by atoms with Gasteiger partial charge >= 0.3 is 6.03 Å². The minimum Gasteiger partial charge on any atom is -0.351 e. The summed E-state index contributed by atoms with van der Waals surface area (Å²) in [6, 6.07) is -0.388. The highest BCUT2D eigenvalue weighted by atomic mass is 32.2. The number of rotatable bonds is 5. The topological polar surface area (TPSA) is 103 Å². The number of carbonyl (C=O) groups excluding carboxylic acids is 2. The maximum absolute atomic E-state index is 12.0. The van der Waals surface area contributed by atoms with E-state index in [9.17, 15) is 9.59 Å². The van der Waals surface area contributed by atoms with Crippen molar-refractivity contribution in [2.45, 2.75) is 50.1 Å². The lowest BCUT2D eigenvalue weighted by Crippen LogP contribution is -2.42. The zero-order chi connectivity index (χ0) is 14.9. The molecule has 8 heteroatoms. The van der Waals surface area contributed by atoms with Crippen LogP contribution in [0.3, 0.4) is 0 Å². The fourth-order valence-electron chi connectivity index (χ4n) is 1.98. The number of hydrogen-bond acceptors (Lipinski definition) is 5. The maximum Gasteiger partial charge on any atom is 0.318 e. The Hall–Kier alpha value is -1.57. The van der Waals surface area contributed by atoms with E-state index in [-0.39, 0.29) is 11.8 Å². The molecule has 1 heterocycles. The molecule has 0 aliphatic heterocycles. The molecule has 0 spiro atoms. The molecule has 0 radical (unpaired) electrons. The second-order valence-corrected chi connectivity index (χ2v) is 6.38. The lowest BCUT2D eigenvalue weighted by atomic mass is 10.1. The molecule has 2 rings (SSSR count). The number of urea groups is 1. The van der Waals surface area contributed by atoms with Crippen molar-refractivity contribution in [3.63, 3.8) is 0 Å². The second-order valence-electron chi connectivity index (χ2n) is 5.27. The van der Waals surface area contributed by atoms with E-state index in [1.54, 1.807) is 0 Å². The van der Waals surface area contributed by atoms with Crippen molar-refractivity contribution in [1.29, 1.82) is 0 Å². The van der Waals surface area contributed by atoms with Crippen molar-refractivity contribution in [3.05, 3.63) is 5.82 Å². The molecule has 0 unspecified atom stereocenters. The predicted molar refractivity (Wildman–Crippen MR) is 75.2 cm³/mol. The van der Waals surface area contributed by atoms with E-state index in [0.29, 0.717) is 6.04 Å². The second kappa shape index (κ2) is 5.82. The minimum atomic E-state index is -0.832. The van der Waals surface area contributed by atoms with E-state index in [1.807, 2.05) is 20.8 Å². The lowest BCUT2D eigenvalue weighted by Gasteiger charge is -2.18. The number of thioether (sulfide) groups is 1. The highest BCUT2D eigenvalue weighted by molar-refractivity contribution is 8.00. The molecule has 20 heavy (non-hydrogen) atoms. The van der Waals surface area contributed by atoms with Crippen molar-refractivity contribution >= 4 is 23.7 Å². The number of hydrogen-bond donors (Lipinski definition) is 2. The van der Waals surface area contributed by atoms with Crippen molar-refractivity contribution in [2.75, 3.05) is 0 Å². The standard InChI is InChI=1S/C12H19N5O2S/c1-6(2)9(10(18)14-11(13)19)20-12-16-15-7(3)17(12)8-4-5-8/h6,8-9H,4-5H2,1-3H3,(H3,13,14,18,19)/t9-/m1/s1. The van der Waals surface area contributed by atoms with Crippen molar-refractivity contribution in [2.24, 2.45) is 11.7 Å². The van der Waals surface area contributed by atoms with Crippen molar-refractivity contribution in [1.82, 2.24) is 20.1 Å². The van der Waals surface area contributed by atoms with Crippen molar-refractivity contribution < 1.29 is 9.59 Å². The molecule has 3 amide bonds. The number of carbonyl (C=O) groups is 2. The highest BCUT2D eigenvalue weighted by Gasteiger charge is 2.32. The molecule has 1 aromatic heterocycles. The molecule has 1 aromatic rings. The van der Waals surface area contributed by atoms with E-state index in [2.05, 4.69) is 20.1 Å². The van der Waals surface area contributed by atoms with Gasteiger partial charge in [0.05, 0.1) is 5.25 Å². The quantitative estimate of drug-likeness (QED) is 0.796. The minimum absolute atomic E-state index is 0.0454. The Morgan fingerprint density at radius 1 is 1.40 bits per heavy atom. The van der Waals surface area contributed by atoms with Crippen LogP contribution in [0.15, 0.2) is 5.16 Å². The first-order valence-electron chi connectivity index (χ1n) is 6.58. The van der Waals surface area contributed by atoms with Gasteiger partial charge in [0.2, 0.25) is 5.91 Å². The molecular formula is C12H19N5O2S. The number of imide groups is 1. The van der Waals surface area contributed by atoms with Crippen LogP contribution < -0.4 is 11.1 Å². The summed E-state index contributed by atoms with van der Waals surface area (Å²) in [5.74, 6) is 0.511. The van der Waals surface area contributed by atoms with Crippen LogP contribution in [0.4, 0.5) is 4.79 Å². The van der Waals surface area contributed by atoms with Crippen LogP contribution in [0, 0.1) is 12.8 Å². The molecule has 1 aliphatic rings. The molecule has 110 valence electrons. The molecular weight excluding hydrogens is 278 g/mol. The van der Waals surface area contributed by atoms with Gasteiger partial charge in [-0.2, -0.15) is 0 Å². The molecule has 1 atom stereocenters. The number of amides is 3. The summed E-state index contributed by atoms with van der Waals surface area (Å²) in [4.78, 5) is 22.8. The average molecular weight is 297 g/mol. The molecule has 0 bridgehead atoms. The van der Waals surface area contributed by atoms with E-state index in [0.717, 1.165) is 23.8 Å². The first-order chi connectivity index (χ1) is 9.40. The van der Waals surface area contributed by atoms with Gasteiger partial charge in [-0.05, 0) is 25.7 Å². The van der Waals surface area contributed by atoms with Gasteiger partial charge in [0.25, 0.3) is 0 Å². The van der Waals surface area contributed by atoms with Gasteiger partial charge in [-0.15, -0.1) is 10.2 Å². The first-order valence-corrected chi connectivity index (χ1v) is 7.46. The SMILES string of the molecule is Cc1nnc(S[C@@H](C(=O)NC(N)=O)C(C)C)n1C1CC1. The Morgan fingerprint density at radius 3 is 2.55 bits per heavy atom. The molecule has 1 aliphatic carbocycles. The van der Waals surface area contributed by atoms with E-state index in [1.165, 1.54) is 11.8 Å². The van der Waals surface area contributed by atoms with Gasteiger partial charge in [-0.1, -0.05) is 25.6 Å². The number of nitrogens with zero attached hydrogens (tertiary/aromatic N) is 3. The van der Waals surface area contributed by atoms with Gasteiger partial charge in [0, 0.05) is 6.04 Å². The smallest absolute Gasteiger partial charge is 0.318 e. The Kier molecular flexibility index (Phi) is 4.32. The third kappa shape index (κ3) is 3.30.